The molecule has 0 amide bonds. The molecule has 0 saturated carbocycles. The van der Waals surface area contributed by atoms with Gasteiger partial charge in [0, 0.05) is 0 Å². The SMILES string of the molecule is CCCCCCCC/C=C\CCCCCCCCn1cc[n+](C)c1.F[B-](F)(F)F. The van der Waals surface area contributed by atoms with Crippen LogP contribution in [0.25, 0.3) is 0 Å². The van der Waals surface area contributed by atoms with E-state index in [0.717, 1.165) is 0 Å². The second-order valence-electron chi connectivity index (χ2n) is 7.75. The Morgan fingerprint density at radius 2 is 1.21 bits per heavy atom. The summed E-state index contributed by atoms with van der Waals surface area (Å²) >= 11 is 0. The van der Waals surface area contributed by atoms with Crippen LogP contribution >= 0.6 is 0 Å². The topological polar surface area (TPSA) is 8.81 Å². The summed E-state index contributed by atoms with van der Waals surface area (Å²) in [6.45, 7) is 3.45. The van der Waals surface area contributed by atoms with E-state index in [1.807, 2.05) is 0 Å². The molecule has 0 bridgehead atoms. The van der Waals surface area contributed by atoms with Crippen LogP contribution in [-0.2, 0) is 13.6 Å². The first kappa shape index (κ1) is 27.7. The summed E-state index contributed by atoms with van der Waals surface area (Å²) in [6.07, 6.45) is 30.6. The van der Waals surface area contributed by atoms with Gasteiger partial charge in [0.2, 0.25) is 6.33 Å². The fourth-order valence-electron chi connectivity index (χ4n) is 3.18. The molecule has 0 aliphatic heterocycles. The summed E-state index contributed by atoms with van der Waals surface area (Å²) in [7, 11) is -3.92. The number of rotatable bonds is 16. The lowest BCUT2D eigenvalue weighted by Crippen LogP contribution is -2.23. The van der Waals surface area contributed by atoms with Crippen molar-refractivity contribution in [3.8, 4) is 0 Å². The van der Waals surface area contributed by atoms with E-state index >= 15 is 0 Å². The summed E-state index contributed by atoms with van der Waals surface area (Å²) in [4.78, 5) is 0. The Bertz CT molecular complexity index is 495. The van der Waals surface area contributed by atoms with Gasteiger partial charge in [-0.3, -0.25) is 0 Å². The van der Waals surface area contributed by atoms with Crippen LogP contribution in [0.15, 0.2) is 30.9 Å². The first-order chi connectivity index (χ1) is 13.8. The molecule has 0 unspecified atom stereocenters. The van der Waals surface area contributed by atoms with Gasteiger partial charge in [-0.1, -0.05) is 70.4 Å². The lowest BCUT2D eigenvalue weighted by atomic mass is 10.1. The molecule has 0 radical (unpaired) electrons. The Labute approximate surface area is 175 Å². The second kappa shape index (κ2) is 18.7. The van der Waals surface area contributed by atoms with Gasteiger partial charge in [-0.25, -0.2) is 9.13 Å². The van der Waals surface area contributed by atoms with Crippen molar-refractivity contribution in [3.63, 3.8) is 0 Å². The maximum atomic E-state index is 9.75. The highest BCUT2D eigenvalue weighted by Crippen LogP contribution is 2.10. The predicted octanol–water partition coefficient (Wildman–Crippen LogP) is 7.65. The van der Waals surface area contributed by atoms with Crippen molar-refractivity contribution in [3.05, 3.63) is 30.9 Å². The zero-order valence-corrected chi connectivity index (χ0v) is 18.5. The molecule has 1 rings (SSSR count). The van der Waals surface area contributed by atoms with Crippen LogP contribution in [0.2, 0.25) is 0 Å². The summed E-state index contributed by atoms with van der Waals surface area (Å²) in [5, 5.41) is 0. The lowest BCUT2D eigenvalue weighted by molar-refractivity contribution is -0.671. The first-order valence-corrected chi connectivity index (χ1v) is 11.4. The van der Waals surface area contributed by atoms with E-state index in [2.05, 4.69) is 54.0 Å². The fraction of sp³-hybridized carbons (Fsp3) is 0.773. The summed E-state index contributed by atoms with van der Waals surface area (Å²) in [6, 6.07) is 0. The third kappa shape index (κ3) is 24.7. The minimum Gasteiger partial charge on any atom is -0.418 e. The van der Waals surface area contributed by atoms with E-state index in [4.69, 9.17) is 0 Å². The van der Waals surface area contributed by atoms with Gasteiger partial charge in [-0.15, -0.1) is 0 Å². The molecular formula is C22H41BF4N2. The molecular weight excluding hydrogens is 379 g/mol. The molecule has 0 aliphatic rings. The summed E-state index contributed by atoms with van der Waals surface area (Å²) in [5.74, 6) is 0. The number of imidazole rings is 1. The molecule has 0 aromatic carbocycles. The van der Waals surface area contributed by atoms with Crippen LogP contribution in [0.5, 0.6) is 0 Å². The van der Waals surface area contributed by atoms with Crippen molar-refractivity contribution >= 4 is 7.25 Å². The largest absolute Gasteiger partial charge is 0.673 e. The van der Waals surface area contributed by atoms with Gasteiger partial charge in [0.15, 0.2) is 0 Å². The van der Waals surface area contributed by atoms with Gasteiger partial charge in [-0.2, -0.15) is 0 Å². The minimum absolute atomic E-state index is 1.17. The smallest absolute Gasteiger partial charge is 0.418 e. The number of halogens is 4. The van der Waals surface area contributed by atoms with E-state index in [1.165, 1.54) is 96.4 Å². The Balaban J connectivity index is 0.00000139. The van der Waals surface area contributed by atoms with Crippen molar-refractivity contribution in [2.75, 3.05) is 0 Å². The Hall–Kier alpha value is -1.27. The van der Waals surface area contributed by atoms with Crippen LogP contribution < -0.4 is 4.57 Å². The van der Waals surface area contributed by atoms with Crippen LogP contribution in [-0.4, -0.2) is 11.8 Å². The minimum atomic E-state index is -6.00. The first-order valence-electron chi connectivity index (χ1n) is 11.4. The number of allylic oxidation sites excluding steroid dienone is 2. The maximum Gasteiger partial charge on any atom is 0.673 e. The van der Waals surface area contributed by atoms with Gasteiger partial charge in [-0.05, 0) is 38.5 Å². The van der Waals surface area contributed by atoms with Crippen molar-refractivity contribution in [1.82, 2.24) is 4.57 Å². The second-order valence-corrected chi connectivity index (χ2v) is 7.75. The number of aryl methyl sites for hydroxylation is 2. The van der Waals surface area contributed by atoms with Gasteiger partial charge < -0.3 is 17.3 Å². The molecule has 0 aliphatic carbocycles. The van der Waals surface area contributed by atoms with Crippen molar-refractivity contribution in [2.24, 2.45) is 7.05 Å². The molecule has 7 heteroatoms. The Morgan fingerprint density at radius 1 is 0.759 bits per heavy atom. The van der Waals surface area contributed by atoms with E-state index < -0.39 is 7.25 Å². The molecule has 1 aromatic heterocycles. The maximum absolute atomic E-state index is 9.75. The molecule has 170 valence electrons. The van der Waals surface area contributed by atoms with E-state index in [9.17, 15) is 17.3 Å². The third-order valence-electron chi connectivity index (χ3n) is 4.75. The molecule has 0 fully saturated rings. The molecule has 2 nitrogen and oxygen atoms in total. The molecule has 0 saturated heterocycles. The lowest BCUT2D eigenvalue weighted by Gasteiger charge is -2.00. The molecule has 0 N–H and O–H groups in total. The molecule has 0 atom stereocenters. The van der Waals surface area contributed by atoms with Crippen LogP contribution in [0.4, 0.5) is 17.3 Å². The third-order valence-corrected chi connectivity index (χ3v) is 4.75. The molecule has 29 heavy (non-hydrogen) atoms. The highest BCUT2D eigenvalue weighted by molar-refractivity contribution is 6.50. The highest BCUT2D eigenvalue weighted by Gasteiger charge is 2.20. The fourth-order valence-corrected chi connectivity index (χ4v) is 3.18. The zero-order chi connectivity index (χ0) is 21.8. The van der Waals surface area contributed by atoms with Gasteiger partial charge in [0.05, 0.1) is 13.6 Å². The van der Waals surface area contributed by atoms with Crippen molar-refractivity contribution in [2.45, 2.75) is 103 Å². The van der Waals surface area contributed by atoms with E-state index in [1.54, 1.807) is 0 Å². The normalized spacial score (nSPS) is 11.7. The van der Waals surface area contributed by atoms with Crippen molar-refractivity contribution in [1.29, 1.82) is 0 Å². The van der Waals surface area contributed by atoms with Crippen LogP contribution in [0.3, 0.4) is 0 Å². The quantitative estimate of drug-likeness (QED) is 0.0854. The highest BCUT2D eigenvalue weighted by atomic mass is 19.5. The van der Waals surface area contributed by atoms with Crippen molar-refractivity contribution < 1.29 is 21.8 Å². The Morgan fingerprint density at radius 3 is 1.66 bits per heavy atom. The van der Waals surface area contributed by atoms with Gasteiger partial charge in [0.25, 0.3) is 0 Å². The van der Waals surface area contributed by atoms with Gasteiger partial charge in [0.1, 0.15) is 12.4 Å². The number of nitrogens with zero attached hydrogens (tertiary/aromatic N) is 2. The monoisotopic (exact) mass is 420 g/mol. The number of hydrogen-bond donors (Lipinski definition) is 0. The number of hydrogen-bond acceptors (Lipinski definition) is 0. The molecule has 0 spiro atoms. The number of unbranched alkanes of at least 4 members (excludes halogenated alkanes) is 12. The predicted molar refractivity (Wildman–Crippen MR) is 115 cm³/mol. The average Bonchev–Trinajstić information content (AvgIpc) is 3.05. The van der Waals surface area contributed by atoms with E-state index in [0.29, 0.717) is 0 Å². The standard InChI is InChI=1S/C22H41N2.BF4/c1-3-4-5-6-7-8-9-10-11-12-13-14-15-16-17-18-19-24-21-20-23(2)22-24;2-1(3,4)5/h10-11,20-22H,3-9,12-19H2,1-2H3;/q+1;-1/b11-10-;. The van der Waals surface area contributed by atoms with Crippen LogP contribution in [0.1, 0.15) is 96.8 Å². The van der Waals surface area contributed by atoms with E-state index in [-0.39, 0.29) is 0 Å². The Kier molecular flexibility index (Phi) is 17.9. The molecule has 1 heterocycles. The number of aromatic nitrogens is 2. The summed E-state index contributed by atoms with van der Waals surface area (Å²) < 4.78 is 43.4. The summed E-state index contributed by atoms with van der Waals surface area (Å²) in [5.41, 5.74) is 0. The van der Waals surface area contributed by atoms with Crippen LogP contribution in [0, 0.1) is 0 Å². The average molecular weight is 420 g/mol. The zero-order valence-electron chi connectivity index (χ0n) is 18.5. The molecule has 1 aromatic rings. The van der Waals surface area contributed by atoms with Gasteiger partial charge >= 0.3 is 7.25 Å².